The van der Waals surface area contributed by atoms with Gasteiger partial charge < -0.3 is 9.05 Å². The van der Waals surface area contributed by atoms with E-state index < -0.39 is 16.1 Å². The van der Waals surface area contributed by atoms with E-state index in [0.717, 1.165) is 25.7 Å². The summed E-state index contributed by atoms with van der Waals surface area (Å²) in [5, 5.41) is 0. The van der Waals surface area contributed by atoms with Crippen molar-refractivity contribution < 1.29 is 18.2 Å². The maximum Gasteiger partial charge on any atom is 0.188 e. The molecule has 16 heavy (non-hydrogen) atoms. The third-order valence-electron chi connectivity index (χ3n) is 2.15. The average molecular weight is 270 g/mol. The first kappa shape index (κ1) is 16.4. The first-order valence-electron chi connectivity index (χ1n) is 5.89. The third kappa shape index (κ3) is 14.4. The predicted molar refractivity (Wildman–Crippen MR) is 69.5 cm³/mol. The van der Waals surface area contributed by atoms with Crippen molar-refractivity contribution in [3.05, 3.63) is 0 Å². The van der Waals surface area contributed by atoms with Crippen molar-refractivity contribution in [2.45, 2.75) is 38.5 Å². The molecule has 6 heteroatoms. The van der Waals surface area contributed by atoms with Crippen LogP contribution < -0.4 is 0 Å². The molecule has 0 fully saturated rings. The Bertz CT molecular complexity index is 187. The van der Waals surface area contributed by atoms with Gasteiger partial charge in [0.05, 0.1) is 13.2 Å². The molecule has 4 nitrogen and oxygen atoms in total. The van der Waals surface area contributed by atoms with E-state index in [1.807, 2.05) is 0 Å². The molecule has 0 aliphatic heterocycles. The van der Waals surface area contributed by atoms with Crippen LogP contribution in [-0.2, 0) is 18.2 Å². The summed E-state index contributed by atoms with van der Waals surface area (Å²) in [5.74, 6) is 0. The summed E-state index contributed by atoms with van der Waals surface area (Å²) < 4.78 is 31.3. The van der Waals surface area contributed by atoms with Gasteiger partial charge in [-0.3, -0.25) is 9.13 Å². The van der Waals surface area contributed by atoms with Crippen LogP contribution in [0.1, 0.15) is 38.5 Å². The van der Waals surface area contributed by atoms with Crippen LogP contribution in [0.3, 0.4) is 0 Å². The third-order valence-corrected chi connectivity index (χ3v) is 3.37. The lowest BCUT2D eigenvalue weighted by molar-refractivity contribution is 0.311. The Balaban J connectivity index is 2.98. The van der Waals surface area contributed by atoms with E-state index in [1.54, 1.807) is 13.3 Å². The number of rotatable bonds is 11. The van der Waals surface area contributed by atoms with Crippen LogP contribution in [0.5, 0.6) is 0 Å². The van der Waals surface area contributed by atoms with Crippen LogP contribution in [0.2, 0.25) is 0 Å². The second kappa shape index (κ2) is 11.9. The van der Waals surface area contributed by atoms with E-state index in [4.69, 9.17) is 9.05 Å². The Hall–Kier alpha value is 0.380. The second-order valence-corrected chi connectivity index (χ2v) is 6.35. The molecule has 0 saturated heterocycles. The molecule has 2 atom stereocenters. The lowest BCUT2D eigenvalue weighted by Gasteiger charge is -2.02. The van der Waals surface area contributed by atoms with Crippen molar-refractivity contribution in [2.75, 3.05) is 26.5 Å². The topological polar surface area (TPSA) is 52.6 Å². The quantitative estimate of drug-likeness (QED) is 0.425. The first-order valence-corrected chi connectivity index (χ1v) is 9.53. The first-order chi connectivity index (χ1) is 7.63. The molecular weight excluding hydrogens is 246 g/mol. The molecule has 2 unspecified atom stereocenters. The highest BCUT2D eigenvalue weighted by atomic mass is 31.1. The molecular formula is C10H24O4P2. The molecule has 0 N–H and O–H groups in total. The van der Waals surface area contributed by atoms with Crippen LogP contribution in [0, 0.1) is 0 Å². The van der Waals surface area contributed by atoms with Gasteiger partial charge in [0.1, 0.15) is 0 Å². The zero-order valence-corrected chi connectivity index (χ0v) is 12.3. The zero-order valence-electron chi connectivity index (χ0n) is 10.3. The van der Waals surface area contributed by atoms with Crippen molar-refractivity contribution in [1.29, 1.82) is 0 Å². The standard InChI is InChI=1S/C10H24O4P2/c1-15(11)13-9-7-5-3-4-6-8-10-14-16(2)12/h15-16H,3-10H2,1-2H3. The number of unbranched alkanes of at least 4 members (excludes halogenated alkanes) is 5. The van der Waals surface area contributed by atoms with Gasteiger partial charge in [-0.15, -0.1) is 0 Å². The molecule has 0 bridgehead atoms. The largest absolute Gasteiger partial charge is 0.331 e. The van der Waals surface area contributed by atoms with Crippen molar-refractivity contribution in [2.24, 2.45) is 0 Å². The highest BCUT2D eigenvalue weighted by Crippen LogP contribution is 2.17. The summed E-state index contributed by atoms with van der Waals surface area (Å²) in [7, 11) is -3.48. The molecule has 0 amide bonds. The summed E-state index contributed by atoms with van der Waals surface area (Å²) in [6.07, 6.45) is 6.58. The number of hydrogen-bond donors (Lipinski definition) is 0. The van der Waals surface area contributed by atoms with E-state index in [1.165, 1.54) is 12.8 Å². The normalized spacial score (nSPS) is 14.9. The molecule has 0 aliphatic carbocycles. The molecule has 0 aromatic heterocycles. The molecule has 0 spiro atoms. The molecule has 98 valence electrons. The van der Waals surface area contributed by atoms with Crippen LogP contribution in [-0.4, -0.2) is 26.5 Å². The fraction of sp³-hybridized carbons (Fsp3) is 1.00. The van der Waals surface area contributed by atoms with Crippen LogP contribution in [0.25, 0.3) is 0 Å². The smallest absolute Gasteiger partial charge is 0.188 e. The minimum atomic E-state index is -1.74. The monoisotopic (exact) mass is 270 g/mol. The lowest BCUT2D eigenvalue weighted by atomic mass is 10.1. The van der Waals surface area contributed by atoms with Gasteiger partial charge in [-0.25, -0.2) is 0 Å². The van der Waals surface area contributed by atoms with Crippen molar-refractivity contribution in [1.82, 2.24) is 0 Å². The molecule has 0 aromatic carbocycles. The van der Waals surface area contributed by atoms with E-state index in [2.05, 4.69) is 0 Å². The summed E-state index contributed by atoms with van der Waals surface area (Å²) in [4.78, 5) is 0. The van der Waals surface area contributed by atoms with Crippen molar-refractivity contribution in [3.63, 3.8) is 0 Å². The van der Waals surface area contributed by atoms with Crippen LogP contribution in [0.15, 0.2) is 0 Å². The van der Waals surface area contributed by atoms with Gasteiger partial charge in [-0.1, -0.05) is 25.7 Å². The molecule has 0 aliphatic rings. The maximum absolute atomic E-state index is 10.6. The van der Waals surface area contributed by atoms with Gasteiger partial charge in [0.2, 0.25) is 0 Å². The van der Waals surface area contributed by atoms with Gasteiger partial charge in [0.15, 0.2) is 16.1 Å². The van der Waals surface area contributed by atoms with Crippen LogP contribution >= 0.6 is 16.1 Å². The summed E-state index contributed by atoms with van der Waals surface area (Å²) in [5.41, 5.74) is 0. The SMILES string of the molecule is C[PH](=O)OCCCCCCCCO[PH](C)=O. The van der Waals surface area contributed by atoms with Crippen LogP contribution in [0.4, 0.5) is 0 Å². The fourth-order valence-corrected chi connectivity index (χ4v) is 2.21. The van der Waals surface area contributed by atoms with Gasteiger partial charge in [-0.2, -0.15) is 0 Å². The Labute approximate surface area is 99.8 Å². The minimum Gasteiger partial charge on any atom is -0.331 e. The van der Waals surface area contributed by atoms with E-state index in [0.29, 0.717) is 13.2 Å². The lowest BCUT2D eigenvalue weighted by Crippen LogP contribution is -1.89. The minimum absolute atomic E-state index is 0.620. The Kier molecular flexibility index (Phi) is 12.1. The van der Waals surface area contributed by atoms with Crippen molar-refractivity contribution >= 4 is 16.1 Å². The summed E-state index contributed by atoms with van der Waals surface area (Å²) >= 11 is 0. The van der Waals surface area contributed by atoms with Gasteiger partial charge >= 0.3 is 0 Å². The predicted octanol–water partition coefficient (Wildman–Crippen LogP) is 3.57. The Morgan fingerprint density at radius 1 is 0.688 bits per heavy atom. The zero-order chi connectivity index (χ0) is 12.2. The molecule has 0 heterocycles. The fourth-order valence-electron chi connectivity index (χ4n) is 1.34. The highest BCUT2D eigenvalue weighted by molar-refractivity contribution is 7.38. The molecule has 0 rings (SSSR count). The Morgan fingerprint density at radius 3 is 1.31 bits per heavy atom. The van der Waals surface area contributed by atoms with Gasteiger partial charge in [0.25, 0.3) is 0 Å². The van der Waals surface area contributed by atoms with Gasteiger partial charge in [0, 0.05) is 13.3 Å². The maximum atomic E-state index is 10.6. The molecule has 0 radical (unpaired) electrons. The number of hydrogen-bond acceptors (Lipinski definition) is 4. The summed E-state index contributed by atoms with van der Waals surface area (Å²) in [6.45, 7) is 4.47. The molecule has 0 aromatic rings. The highest BCUT2D eigenvalue weighted by Gasteiger charge is 1.94. The summed E-state index contributed by atoms with van der Waals surface area (Å²) in [6, 6.07) is 0. The van der Waals surface area contributed by atoms with E-state index >= 15 is 0 Å². The average Bonchev–Trinajstić information content (AvgIpc) is 2.20. The second-order valence-electron chi connectivity index (χ2n) is 3.80. The van der Waals surface area contributed by atoms with Crippen molar-refractivity contribution in [3.8, 4) is 0 Å². The van der Waals surface area contributed by atoms with E-state index in [9.17, 15) is 9.13 Å². The Morgan fingerprint density at radius 2 is 1.00 bits per heavy atom. The molecule has 0 saturated carbocycles. The van der Waals surface area contributed by atoms with E-state index in [-0.39, 0.29) is 0 Å². The van der Waals surface area contributed by atoms with Gasteiger partial charge in [-0.05, 0) is 12.8 Å².